The first-order chi connectivity index (χ1) is 15.6. The van der Waals surface area contributed by atoms with E-state index < -0.39 is 0 Å². The molecule has 3 aromatic carbocycles. The molecule has 0 atom stereocenters. The van der Waals surface area contributed by atoms with Crippen LogP contribution in [0, 0.1) is 10.5 Å². The van der Waals surface area contributed by atoms with Crippen molar-refractivity contribution >= 4 is 45.3 Å². The van der Waals surface area contributed by atoms with Gasteiger partial charge in [-0.3, -0.25) is 4.57 Å². The first kappa shape index (κ1) is 21.0. The Kier molecular flexibility index (Phi) is 5.89. The molecule has 0 bridgehead atoms. The lowest BCUT2D eigenvalue weighted by Gasteiger charge is -2.08. The van der Waals surface area contributed by atoms with Gasteiger partial charge in [0.05, 0.1) is 11.3 Å². The van der Waals surface area contributed by atoms with Crippen LogP contribution in [0.5, 0.6) is 0 Å². The van der Waals surface area contributed by atoms with Gasteiger partial charge >= 0.3 is 5.63 Å². The molecule has 5 aromatic rings. The molecule has 158 valence electrons. The van der Waals surface area contributed by atoms with E-state index in [-0.39, 0.29) is 5.63 Å². The lowest BCUT2D eigenvalue weighted by atomic mass is 10.1. The summed E-state index contributed by atoms with van der Waals surface area (Å²) in [4.78, 5) is 17.6. The van der Waals surface area contributed by atoms with Crippen LogP contribution in [0.2, 0.25) is 0 Å². The Morgan fingerprint density at radius 2 is 1.75 bits per heavy atom. The lowest BCUT2D eigenvalue weighted by molar-refractivity contribution is 0.563. The number of halogens is 1. The number of benzene rings is 3. The molecule has 0 aliphatic carbocycles. The summed E-state index contributed by atoms with van der Waals surface area (Å²) >= 11 is 3.95. The van der Waals surface area contributed by atoms with Crippen LogP contribution in [0.15, 0.2) is 99.4 Å². The molecule has 32 heavy (non-hydrogen) atoms. The molecule has 0 amide bonds. The average molecular weight is 550 g/mol. The van der Waals surface area contributed by atoms with Crippen molar-refractivity contribution < 1.29 is 4.42 Å². The van der Waals surface area contributed by atoms with E-state index >= 15 is 0 Å². The van der Waals surface area contributed by atoms with Gasteiger partial charge in [0.1, 0.15) is 5.58 Å². The maximum absolute atomic E-state index is 12.7. The highest BCUT2D eigenvalue weighted by atomic mass is 127. The number of thioether (sulfide) groups is 1. The van der Waals surface area contributed by atoms with Crippen molar-refractivity contribution in [1.29, 1.82) is 0 Å². The molecule has 4 nitrogen and oxygen atoms in total. The standard InChI is InChI=1S/C26H19IN2O2S/c1-17-6-2-3-8-19(17)16-32-26-28-23(15-29(26)21-12-10-20(27)11-13-21)22-14-18-7-4-5-9-24(18)31-25(22)30/h2-15H,16H2,1H3. The van der Waals surface area contributed by atoms with Crippen molar-refractivity contribution in [1.82, 2.24) is 9.55 Å². The number of rotatable bonds is 5. The Morgan fingerprint density at radius 1 is 1.00 bits per heavy atom. The van der Waals surface area contributed by atoms with Crippen LogP contribution in [-0.4, -0.2) is 9.55 Å². The molecule has 0 fully saturated rings. The van der Waals surface area contributed by atoms with Gasteiger partial charge in [0, 0.05) is 26.6 Å². The second-order valence-corrected chi connectivity index (χ2v) is 9.64. The Bertz CT molecular complexity index is 1470. The molecule has 0 unspecified atom stereocenters. The van der Waals surface area contributed by atoms with Crippen molar-refractivity contribution in [3.05, 3.63) is 110 Å². The van der Waals surface area contributed by atoms with Gasteiger partial charge in [-0.25, -0.2) is 9.78 Å². The normalized spacial score (nSPS) is 11.2. The van der Waals surface area contributed by atoms with E-state index in [1.165, 1.54) is 11.1 Å². The molecule has 0 saturated carbocycles. The molecule has 0 saturated heterocycles. The van der Waals surface area contributed by atoms with Crippen LogP contribution < -0.4 is 5.63 Å². The van der Waals surface area contributed by atoms with Gasteiger partial charge in [-0.05, 0) is 77.0 Å². The molecule has 2 aromatic heterocycles. The summed E-state index contributed by atoms with van der Waals surface area (Å²) in [5.41, 5.74) is 4.78. The first-order valence-corrected chi connectivity index (χ1v) is 12.2. The smallest absolute Gasteiger partial charge is 0.345 e. The number of aromatic nitrogens is 2. The van der Waals surface area contributed by atoms with E-state index in [2.05, 4.69) is 72.0 Å². The Balaban J connectivity index is 1.59. The minimum absolute atomic E-state index is 0.383. The predicted octanol–water partition coefficient (Wildman–Crippen LogP) is 6.85. The quantitative estimate of drug-likeness (QED) is 0.136. The zero-order chi connectivity index (χ0) is 22.1. The molecule has 0 N–H and O–H groups in total. The first-order valence-electron chi connectivity index (χ1n) is 10.1. The second kappa shape index (κ2) is 8.96. The van der Waals surface area contributed by atoms with Gasteiger partial charge in [-0.1, -0.05) is 54.2 Å². The fourth-order valence-electron chi connectivity index (χ4n) is 3.54. The number of fused-ring (bicyclic) bond motifs is 1. The molecule has 0 aliphatic heterocycles. The molecular weight excluding hydrogens is 531 g/mol. The van der Waals surface area contributed by atoms with Crippen LogP contribution >= 0.6 is 34.4 Å². The van der Waals surface area contributed by atoms with Gasteiger partial charge in [-0.15, -0.1) is 0 Å². The van der Waals surface area contributed by atoms with Crippen LogP contribution in [0.4, 0.5) is 0 Å². The van der Waals surface area contributed by atoms with Gasteiger partial charge in [0.2, 0.25) is 0 Å². The Hall–Kier alpha value is -2.84. The molecule has 6 heteroatoms. The van der Waals surface area contributed by atoms with Gasteiger partial charge in [0.15, 0.2) is 5.16 Å². The summed E-state index contributed by atoms with van der Waals surface area (Å²) < 4.78 is 8.76. The summed E-state index contributed by atoms with van der Waals surface area (Å²) in [6.45, 7) is 2.12. The van der Waals surface area contributed by atoms with Gasteiger partial charge in [-0.2, -0.15) is 0 Å². The average Bonchev–Trinajstić information content (AvgIpc) is 3.22. The highest BCUT2D eigenvalue weighted by Crippen LogP contribution is 2.30. The third-order valence-electron chi connectivity index (χ3n) is 5.31. The number of hydrogen-bond acceptors (Lipinski definition) is 4. The van der Waals surface area contributed by atoms with Crippen LogP contribution in [0.1, 0.15) is 11.1 Å². The number of aryl methyl sites for hydroxylation is 1. The summed E-state index contributed by atoms with van der Waals surface area (Å²) in [7, 11) is 0. The maximum Gasteiger partial charge on any atom is 0.345 e. The van der Waals surface area contributed by atoms with Crippen LogP contribution in [-0.2, 0) is 5.75 Å². The SMILES string of the molecule is Cc1ccccc1CSc1nc(-c2cc3ccccc3oc2=O)cn1-c1ccc(I)cc1. The van der Waals surface area contributed by atoms with Crippen LogP contribution in [0.3, 0.4) is 0 Å². The van der Waals surface area contributed by atoms with Crippen molar-refractivity contribution in [2.24, 2.45) is 0 Å². The van der Waals surface area contributed by atoms with Crippen molar-refractivity contribution in [3.63, 3.8) is 0 Å². The van der Waals surface area contributed by atoms with Gasteiger partial charge in [0.25, 0.3) is 0 Å². The summed E-state index contributed by atoms with van der Waals surface area (Å²) in [5, 5.41) is 1.71. The molecule has 0 radical (unpaired) electrons. The van der Waals surface area contributed by atoms with Crippen molar-refractivity contribution in [3.8, 4) is 16.9 Å². The second-order valence-electron chi connectivity index (χ2n) is 7.46. The maximum atomic E-state index is 12.7. The molecule has 2 heterocycles. The third kappa shape index (κ3) is 4.25. The Morgan fingerprint density at radius 3 is 2.56 bits per heavy atom. The predicted molar refractivity (Wildman–Crippen MR) is 138 cm³/mol. The van der Waals surface area contributed by atoms with E-state index in [0.717, 1.165) is 25.6 Å². The topological polar surface area (TPSA) is 48.0 Å². The largest absolute Gasteiger partial charge is 0.422 e. The number of nitrogens with zero attached hydrogens (tertiary/aromatic N) is 2. The highest BCUT2D eigenvalue weighted by Gasteiger charge is 2.16. The van der Waals surface area contributed by atoms with Crippen LogP contribution in [0.25, 0.3) is 27.9 Å². The summed E-state index contributed by atoms with van der Waals surface area (Å²) in [6.07, 6.45) is 1.92. The fourth-order valence-corrected chi connectivity index (χ4v) is 4.96. The third-order valence-corrected chi connectivity index (χ3v) is 7.03. The number of hydrogen-bond donors (Lipinski definition) is 0. The van der Waals surface area contributed by atoms with Crippen molar-refractivity contribution in [2.45, 2.75) is 17.8 Å². The summed E-state index contributed by atoms with van der Waals surface area (Å²) in [5.74, 6) is 0.791. The molecule has 0 aliphatic rings. The van der Waals surface area contributed by atoms with Gasteiger partial charge < -0.3 is 4.42 Å². The van der Waals surface area contributed by atoms with E-state index in [4.69, 9.17) is 9.40 Å². The Labute approximate surface area is 203 Å². The minimum Gasteiger partial charge on any atom is -0.422 e. The minimum atomic E-state index is -0.383. The highest BCUT2D eigenvalue weighted by molar-refractivity contribution is 14.1. The monoisotopic (exact) mass is 550 g/mol. The zero-order valence-corrected chi connectivity index (χ0v) is 20.3. The molecule has 5 rings (SSSR count). The lowest BCUT2D eigenvalue weighted by Crippen LogP contribution is -2.02. The molecular formula is C26H19IN2O2S. The van der Waals surface area contributed by atoms with E-state index in [1.807, 2.05) is 41.1 Å². The zero-order valence-electron chi connectivity index (χ0n) is 17.3. The number of para-hydroxylation sites is 1. The van der Waals surface area contributed by atoms with E-state index in [0.29, 0.717) is 16.8 Å². The van der Waals surface area contributed by atoms with Crippen molar-refractivity contribution in [2.75, 3.05) is 0 Å². The summed E-state index contributed by atoms with van der Waals surface area (Å²) in [6, 6.07) is 26.0. The number of imidazole rings is 1. The molecule has 0 spiro atoms. The van der Waals surface area contributed by atoms with E-state index in [1.54, 1.807) is 17.8 Å². The fraction of sp³-hybridized carbons (Fsp3) is 0.0769. The van der Waals surface area contributed by atoms with E-state index in [9.17, 15) is 4.79 Å².